The van der Waals surface area contributed by atoms with Crippen molar-refractivity contribution in [3.8, 4) is 22.9 Å². The molecule has 158 valence electrons. The van der Waals surface area contributed by atoms with Crippen LogP contribution in [0.25, 0.3) is 11.1 Å². The van der Waals surface area contributed by atoms with E-state index < -0.39 is 0 Å². The van der Waals surface area contributed by atoms with Crippen molar-refractivity contribution in [2.45, 2.75) is 52.6 Å². The Bertz CT molecular complexity index is 1160. The van der Waals surface area contributed by atoms with Gasteiger partial charge >= 0.3 is 0 Å². The highest BCUT2D eigenvalue weighted by molar-refractivity contribution is 9.10. The second-order valence-corrected chi connectivity index (χ2v) is 9.10. The van der Waals surface area contributed by atoms with Crippen LogP contribution in [0.1, 0.15) is 52.8 Å². The lowest BCUT2D eigenvalue weighted by Gasteiger charge is -2.19. The molecule has 0 unspecified atom stereocenters. The van der Waals surface area contributed by atoms with Crippen LogP contribution in [0.3, 0.4) is 0 Å². The third-order valence-corrected chi connectivity index (χ3v) is 6.55. The quantitative estimate of drug-likeness (QED) is 0.441. The van der Waals surface area contributed by atoms with Gasteiger partial charge in [-0.15, -0.1) is 0 Å². The number of ether oxygens (including phenoxy) is 1. The Labute approximate surface area is 192 Å². The Morgan fingerprint density at radius 3 is 2.55 bits per heavy atom. The molecule has 3 aromatic rings. The lowest BCUT2D eigenvalue weighted by atomic mass is 9.87. The average molecular weight is 476 g/mol. The van der Waals surface area contributed by atoms with Gasteiger partial charge in [-0.3, -0.25) is 0 Å². The van der Waals surface area contributed by atoms with Crippen molar-refractivity contribution in [1.82, 2.24) is 4.98 Å². The van der Waals surface area contributed by atoms with E-state index in [0.717, 1.165) is 63.9 Å². The molecule has 2 N–H and O–H groups in total. The van der Waals surface area contributed by atoms with Crippen molar-refractivity contribution in [2.24, 2.45) is 0 Å². The summed E-state index contributed by atoms with van der Waals surface area (Å²) < 4.78 is 7.07. The van der Waals surface area contributed by atoms with Gasteiger partial charge in [0, 0.05) is 15.7 Å². The van der Waals surface area contributed by atoms with Gasteiger partial charge in [0.15, 0.2) is 0 Å². The van der Waals surface area contributed by atoms with Crippen LogP contribution >= 0.6 is 15.9 Å². The van der Waals surface area contributed by atoms with Gasteiger partial charge in [0.25, 0.3) is 0 Å². The van der Waals surface area contributed by atoms with Crippen LogP contribution in [0, 0.1) is 25.2 Å². The Hall–Kier alpha value is -2.84. The first-order valence-electron chi connectivity index (χ1n) is 10.7. The molecule has 31 heavy (non-hydrogen) atoms. The number of benzene rings is 2. The van der Waals surface area contributed by atoms with Crippen LogP contribution < -0.4 is 10.5 Å². The molecule has 1 heterocycles. The fourth-order valence-electron chi connectivity index (χ4n) is 4.36. The molecule has 1 aliphatic rings. The van der Waals surface area contributed by atoms with E-state index in [9.17, 15) is 5.26 Å². The molecule has 1 aliphatic carbocycles. The second kappa shape index (κ2) is 9.11. The van der Waals surface area contributed by atoms with Gasteiger partial charge < -0.3 is 10.5 Å². The van der Waals surface area contributed by atoms with Crippen LogP contribution in [0.5, 0.6) is 5.75 Å². The highest BCUT2D eigenvalue weighted by Crippen LogP contribution is 2.38. The van der Waals surface area contributed by atoms with Crippen molar-refractivity contribution in [3.63, 3.8) is 0 Å². The van der Waals surface area contributed by atoms with Crippen LogP contribution in [0.2, 0.25) is 0 Å². The first kappa shape index (κ1) is 21.4. The predicted octanol–water partition coefficient (Wildman–Crippen LogP) is 6.43. The van der Waals surface area contributed by atoms with Crippen molar-refractivity contribution >= 4 is 21.7 Å². The van der Waals surface area contributed by atoms with Gasteiger partial charge in [-0.25, -0.2) is 4.98 Å². The number of hydrogen-bond donors (Lipinski definition) is 1. The van der Waals surface area contributed by atoms with Crippen LogP contribution in [-0.4, -0.2) is 4.98 Å². The average Bonchev–Trinajstić information content (AvgIpc) is 2.99. The molecule has 0 saturated carbocycles. The number of nitrogens with zero attached hydrogens (tertiary/aromatic N) is 2. The molecule has 2 aromatic carbocycles. The van der Waals surface area contributed by atoms with E-state index in [1.54, 1.807) is 0 Å². The summed E-state index contributed by atoms with van der Waals surface area (Å²) in [4.78, 5) is 4.61. The standard InChI is InChI=1S/C26H26BrN3O/c1-16-12-17(2)22(13-18(16)15-31-20-10-8-19(27)9-11-20)25-21-6-4-3-5-7-24(21)30-26(29)23(25)14-28/h8-13H,3-7,15H2,1-2H3,(H2,29,30). The third-order valence-electron chi connectivity index (χ3n) is 6.02. The number of nitrogen functional groups attached to an aromatic ring is 1. The maximum atomic E-state index is 9.92. The van der Waals surface area contributed by atoms with E-state index >= 15 is 0 Å². The minimum absolute atomic E-state index is 0.339. The number of aromatic nitrogens is 1. The van der Waals surface area contributed by atoms with Gasteiger partial charge in [0.1, 0.15) is 29.8 Å². The molecule has 5 heteroatoms. The van der Waals surface area contributed by atoms with Gasteiger partial charge in [-0.2, -0.15) is 5.26 Å². The fourth-order valence-corrected chi connectivity index (χ4v) is 4.63. The first-order chi connectivity index (χ1) is 15.0. The van der Waals surface area contributed by atoms with E-state index in [0.29, 0.717) is 18.0 Å². The molecule has 4 nitrogen and oxygen atoms in total. The zero-order chi connectivity index (χ0) is 22.0. The van der Waals surface area contributed by atoms with E-state index in [1.165, 1.54) is 17.5 Å². The molecular weight excluding hydrogens is 450 g/mol. The highest BCUT2D eigenvalue weighted by Gasteiger charge is 2.23. The minimum Gasteiger partial charge on any atom is -0.489 e. The maximum absolute atomic E-state index is 9.92. The zero-order valence-corrected chi connectivity index (χ0v) is 19.6. The summed E-state index contributed by atoms with van der Waals surface area (Å²) >= 11 is 3.45. The molecule has 0 radical (unpaired) electrons. The van der Waals surface area contributed by atoms with Crippen molar-refractivity contribution < 1.29 is 4.74 Å². The summed E-state index contributed by atoms with van der Waals surface area (Å²) in [5, 5.41) is 9.92. The van der Waals surface area contributed by atoms with Crippen LogP contribution in [0.4, 0.5) is 5.82 Å². The summed E-state index contributed by atoms with van der Waals surface area (Å²) in [5.41, 5.74) is 14.4. The van der Waals surface area contributed by atoms with Gasteiger partial charge in [-0.05, 0) is 97.7 Å². The molecule has 0 amide bonds. The molecule has 0 fully saturated rings. The Balaban J connectivity index is 1.79. The van der Waals surface area contributed by atoms with E-state index in [1.807, 2.05) is 24.3 Å². The molecule has 0 spiro atoms. The Morgan fingerprint density at radius 2 is 1.81 bits per heavy atom. The number of pyridine rings is 1. The minimum atomic E-state index is 0.339. The summed E-state index contributed by atoms with van der Waals surface area (Å²) in [5.74, 6) is 1.16. The van der Waals surface area contributed by atoms with Gasteiger partial charge in [0.2, 0.25) is 0 Å². The van der Waals surface area contributed by atoms with Gasteiger partial charge in [0.05, 0.1) is 0 Å². The highest BCUT2D eigenvalue weighted by atomic mass is 79.9. The van der Waals surface area contributed by atoms with E-state index in [2.05, 4.69) is 53.0 Å². The maximum Gasteiger partial charge on any atom is 0.142 e. The summed E-state index contributed by atoms with van der Waals surface area (Å²) in [6.07, 6.45) is 5.26. The molecule has 0 atom stereocenters. The van der Waals surface area contributed by atoms with Crippen molar-refractivity contribution in [2.75, 3.05) is 5.73 Å². The number of halogens is 1. The molecule has 4 rings (SSSR count). The number of nitriles is 1. The Kier molecular flexibility index (Phi) is 6.29. The number of aryl methyl sites for hydroxylation is 3. The summed E-state index contributed by atoms with van der Waals surface area (Å²) in [6.45, 7) is 4.66. The molecule has 0 saturated heterocycles. The lowest BCUT2D eigenvalue weighted by Crippen LogP contribution is -2.08. The third kappa shape index (κ3) is 4.45. The van der Waals surface area contributed by atoms with Crippen LogP contribution in [-0.2, 0) is 19.4 Å². The summed E-state index contributed by atoms with van der Waals surface area (Å²) in [7, 11) is 0. The number of nitrogens with two attached hydrogens (primary N) is 1. The fraction of sp³-hybridized carbons (Fsp3) is 0.308. The predicted molar refractivity (Wildman–Crippen MR) is 128 cm³/mol. The molecular formula is C26H26BrN3O. The number of fused-ring (bicyclic) bond motifs is 1. The largest absolute Gasteiger partial charge is 0.489 e. The first-order valence-corrected chi connectivity index (χ1v) is 11.5. The Morgan fingerprint density at radius 1 is 1.06 bits per heavy atom. The summed E-state index contributed by atoms with van der Waals surface area (Å²) in [6, 6.07) is 14.5. The smallest absolute Gasteiger partial charge is 0.142 e. The number of hydrogen-bond acceptors (Lipinski definition) is 4. The molecule has 0 aliphatic heterocycles. The monoisotopic (exact) mass is 475 g/mol. The zero-order valence-electron chi connectivity index (χ0n) is 18.0. The molecule has 0 bridgehead atoms. The van der Waals surface area contributed by atoms with Crippen LogP contribution in [0.15, 0.2) is 40.9 Å². The van der Waals surface area contributed by atoms with E-state index in [4.69, 9.17) is 10.5 Å². The van der Waals surface area contributed by atoms with Gasteiger partial charge in [-0.1, -0.05) is 28.4 Å². The van der Waals surface area contributed by atoms with E-state index in [-0.39, 0.29) is 0 Å². The van der Waals surface area contributed by atoms with Crippen molar-refractivity contribution in [3.05, 3.63) is 74.4 Å². The topological polar surface area (TPSA) is 71.9 Å². The second-order valence-electron chi connectivity index (χ2n) is 8.18. The number of anilines is 1. The molecule has 1 aromatic heterocycles. The number of rotatable bonds is 4. The SMILES string of the molecule is Cc1cc(C)c(-c2c(C#N)c(N)nc3c2CCCCC3)cc1COc1ccc(Br)cc1. The van der Waals surface area contributed by atoms with Crippen molar-refractivity contribution in [1.29, 1.82) is 5.26 Å². The normalized spacial score (nSPS) is 13.2. The lowest BCUT2D eigenvalue weighted by molar-refractivity contribution is 0.305.